The van der Waals surface area contributed by atoms with Crippen LogP contribution < -0.4 is 10.9 Å². The molecule has 6 heteroatoms. The fourth-order valence-electron chi connectivity index (χ4n) is 1.29. The number of anilines is 1. The summed E-state index contributed by atoms with van der Waals surface area (Å²) in [5.74, 6) is -0.395. The number of nitrogens with zero attached hydrogens (tertiary/aromatic N) is 2. The zero-order valence-electron chi connectivity index (χ0n) is 9.10. The van der Waals surface area contributed by atoms with E-state index in [-0.39, 0.29) is 11.3 Å². The Hall–Kier alpha value is -2.50. The lowest BCUT2D eigenvalue weighted by molar-refractivity contribution is 0.102. The molecule has 0 atom stereocenters. The summed E-state index contributed by atoms with van der Waals surface area (Å²) in [6, 6.07) is 4.39. The van der Waals surface area contributed by atoms with E-state index in [1.165, 1.54) is 18.3 Å². The van der Waals surface area contributed by atoms with Gasteiger partial charge >= 0.3 is 0 Å². The third-order valence-corrected chi connectivity index (χ3v) is 2.04. The highest BCUT2D eigenvalue weighted by atomic mass is 16.2. The van der Waals surface area contributed by atoms with E-state index in [4.69, 9.17) is 0 Å². The van der Waals surface area contributed by atoms with Crippen LogP contribution in [0, 0.1) is 6.92 Å². The average molecular weight is 230 g/mol. The molecule has 0 aliphatic carbocycles. The molecule has 0 aromatic carbocycles. The number of rotatable bonds is 2. The average Bonchev–Trinajstić information content (AvgIpc) is 2.29. The molecule has 17 heavy (non-hydrogen) atoms. The van der Waals surface area contributed by atoms with Gasteiger partial charge in [0.2, 0.25) is 0 Å². The summed E-state index contributed by atoms with van der Waals surface area (Å²) in [7, 11) is 0. The van der Waals surface area contributed by atoms with Crippen LogP contribution in [-0.4, -0.2) is 21.1 Å². The van der Waals surface area contributed by atoms with Crippen LogP contribution >= 0.6 is 0 Å². The van der Waals surface area contributed by atoms with Gasteiger partial charge in [-0.05, 0) is 24.6 Å². The Kier molecular flexibility index (Phi) is 2.95. The number of carbonyl (C=O) groups excluding carboxylic acids is 1. The van der Waals surface area contributed by atoms with Crippen LogP contribution in [0.1, 0.15) is 16.1 Å². The molecule has 2 heterocycles. The Bertz CT molecular complexity index is 586. The van der Waals surface area contributed by atoms with E-state index in [1.807, 2.05) is 6.92 Å². The second-order valence-electron chi connectivity index (χ2n) is 3.51. The molecule has 6 nitrogen and oxygen atoms in total. The van der Waals surface area contributed by atoms with Gasteiger partial charge in [-0.3, -0.25) is 14.6 Å². The van der Waals surface area contributed by atoms with Crippen LogP contribution in [0.3, 0.4) is 0 Å². The van der Waals surface area contributed by atoms with Gasteiger partial charge in [-0.2, -0.15) is 5.10 Å². The Balaban J connectivity index is 2.17. The van der Waals surface area contributed by atoms with Crippen molar-refractivity contribution in [1.29, 1.82) is 0 Å². The number of H-pyrrole nitrogens is 1. The quantitative estimate of drug-likeness (QED) is 0.795. The number of hydrogen-bond acceptors (Lipinski definition) is 4. The predicted octanol–water partition coefficient (Wildman–Crippen LogP) is 0.726. The fraction of sp³-hybridized carbons (Fsp3) is 0.0909. The van der Waals surface area contributed by atoms with Crippen LogP contribution in [0.5, 0.6) is 0 Å². The topological polar surface area (TPSA) is 87.7 Å². The van der Waals surface area contributed by atoms with E-state index in [9.17, 15) is 9.59 Å². The molecule has 0 radical (unpaired) electrons. The van der Waals surface area contributed by atoms with E-state index in [0.29, 0.717) is 5.69 Å². The minimum absolute atomic E-state index is 0.145. The standard InChI is InChI=1S/C11H10N4O2/c1-7-4-8(6-12-5-7)13-11(17)9-2-3-10(16)15-14-9/h2-6H,1H3,(H,13,17)(H,15,16). The first-order valence-electron chi connectivity index (χ1n) is 4.94. The Morgan fingerprint density at radius 3 is 2.82 bits per heavy atom. The van der Waals surface area contributed by atoms with Gasteiger partial charge < -0.3 is 5.32 Å². The van der Waals surface area contributed by atoms with Crippen LogP contribution in [0.15, 0.2) is 35.4 Å². The first kappa shape index (κ1) is 11.0. The van der Waals surface area contributed by atoms with Crippen molar-refractivity contribution in [3.8, 4) is 0 Å². The first-order valence-corrected chi connectivity index (χ1v) is 4.94. The summed E-state index contributed by atoms with van der Waals surface area (Å²) >= 11 is 0. The Morgan fingerprint density at radius 2 is 2.18 bits per heavy atom. The molecule has 0 unspecified atom stereocenters. The summed E-state index contributed by atoms with van der Waals surface area (Å²) in [5.41, 5.74) is 1.32. The maximum atomic E-state index is 11.7. The number of amides is 1. The van der Waals surface area contributed by atoms with Gasteiger partial charge in [0.25, 0.3) is 11.5 Å². The lowest BCUT2D eigenvalue weighted by atomic mass is 10.3. The lowest BCUT2D eigenvalue weighted by Gasteiger charge is -2.03. The van der Waals surface area contributed by atoms with Crippen molar-refractivity contribution in [2.75, 3.05) is 5.32 Å². The number of aromatic amines is 1. The molecule has 2 N–H and O–H groups in total. The minimum atomic E-state index is -0.395. The van der Waals surface area contributed by atoms with Crippen LogP contribution in [0.25, 0.3) is 0 Å². The van der Waals surface area contributed by atoms with Gasteiger partial charge in [0.15, 0.2) is 0 Å². The zero-order valence-corrected chi connectivity index (χ0v) is 9.10. The maximum absolute atomic E-state index is 11.7. The summed E-state index contributed by atoms with van der Waals surface area (Å²) in [4.78, 5) is 26.5. The van der Waals surface area contributed by atoms with Crippen molar-refractivity contribution in [2.24, 2.45) is 0 Å². The van der Waals surface area contributed by atoms with Crippen molar-refractivity contribution in [1.82, 2.24) is 15.2 Å². The summed E-state index contributed by atoms with van der Waals surface area (Å²) < 4.78 is 0. The maximum Gasteiger partial charge on any atom is 0.276 e. The van der Waals surface area contributed by atoms with E-state index < -0.39 is 5.91 Å². The van der Waals surface area contributed by atoms with Crippen molar-refractivity contribution >= 4 is 11.6 Å². The summed E-state index contributed by atoms with van der Waals surface area (Å²) in [6.45, 7) is 1.88. The van der Waals surface area contributed by atoms with Crippen molar-refractivity contribution in [3.63, 3.8) is 0 Å². The number of hydrogen-bond donors (Lipinski definition) is 2. The molecule has 0 saturated heterocycles. The smallest absolute Gasteiger partial charge is 0.276 e. The van der Waals surface area contributed by atoms with Gasteiger partial charge in [-0.15, -0.1) is 0 Å². The third-order valence-electron chi connectivity index (χ3n) is 2.04. The Morgan fingerprint density at radius 1 is 1.35 bits per heavy atom. The van der Waals surface area contributed by atoms with Gasteiger partial charge in [-0.1, -0.05) is 0 Å². The van der Waals surface area contributed by atoms with E-state index in [1.54, 1.807) is 12.3 Å². The predicted molar refractivity (Wildman–Crippen MR) is 61.8 cm³/mol. The molecule has 0 saturated carbocycles. The normalized spacial score (nSPS) is 9.94. The van der Waals surface area contributed by atoms with Crippen LogP contribution in [-0.2, 0) is 0 Å². The van der Waals surface area contributed by atoms with E-state index in [0.717, 1.165) is 5.56 Å². The molecule has 2 aromatic rings. The van der Waals surface area contributed by atoms with E-state index in [2.05, 4.69) is 20.5 Å². The highest BCUT2D eigenvalue weighted by Crippen LogP contribution is 2.08. The van der Waals surface area contributed by atoms with Crippen molar-refractivity contribution < 1.29 is 4.79 Å². The summed E-state index contributed by atoms with van der Waals surface area (Å²) in [6.07, 6.45) is 3.23. The second-order valence-corrected chi connectivity index (χ2v) is 3.51. The number of aromatic nitrogens is 3. The molecule has 0 spiro atoms. The highest BCUT2D eigenvalue weighted by Gasteiger charge is 2.07. The fourth-order valence-corrected chi connectivity index (χ4v) is 1.29. The highest BCUT2D eigenvalue weighted by molar-refractivity contribution is 6.02. The largest absolute Gasteiger partial charge is 0.319 e. The van der Waals surface area contributed by atoms with Crippen molar-refractivity contribution in [3.05, 3.63) is 52.2 Å². The van der Waals surface area contributed by atoms with Crippen molar-refractivity contribution in [2.45, 2.75) is 6.92 Å². The molecule has 0 bridgehead atoms. The monoisotopic (exact) mass is 230 g/mol. The van der Waals surface area contributed by atoms with Crippen LogP contribution in [0.2, 0.25) is 0 Å². The molecule has 86 valence electrons. The number of aryl methyl sites for hydroxylation is 1. The molecule has 0 aliphatic heterocycles. The van der Waals surface area contributed by atoms with Crippen LogP contribution in [0.4, 0.5) is 5.69 Å². The zero-order chi connectivity index (χ0) is 12.3. The first-order chi connectivity index (χ1) is 8.15. The lowest BCUT2D eigenvalue weighted by Crippen LogP contribution is -2.17. The number of pyridine rings is 1. The Labute approximate surface area is 96.7 Å². The van der Waals surface area contributed by atoms with Gasteiger partial charge in [0.1, 0.15) is 5.69 Å². The molecular formula is C11H10N4O2. The molecular weight excluding hydrogens is 220 g/mol. The summed E-state index contributed by atoms with van der Waals surface area (Å²) in [5, 5.41) is 8.46. The molecule has 2 rings (SSSR count). The molecule has 1 amide bonds. The van der Waals surface area contributed by atoms with Gasteiger partial charge in [0.05, 0.1) is 11.9 Å². The SMILES string of the molecule is Cc1cncc(NC(=O)c2ccc(=O)[nH]n2)c1. The van der Waals surface area contributed by atoms with E-state index >= 15 is 0 Å². The second kappa shape index (κ2) is 4.56. The van der Waals surface area contributed by atoms with Gasteiger partial charge in [0, 0.05) is 12.3 Å². The number of nitrogens with one attached hydrogen (secondary N) is 2. The molecule has 0 aliphatic rings. The minimum Gasteiger partial charge on any atom is -0.319 e. The van der Waals surface area contributed by atoms with Gasteiger partial charge in [-0.25, -0.2) is 5.10 Å². The number of carbonyl (C=O) groups is 1. The third kappa shape index (κ3) is 2.75. The molecule has 2 aromatic heterocycles. The molecule has 0 fully saturated rings.